The first kappa shape index (κ1) is 57.7. The Morgan fingerprint density at radius 1 is 0.483 bits per heavy atom. The predicted molar refractivity (Wildman–Crippen MR) is 243 cm³/mol. The van der Waals surface area contributed by atoms with Gasteiger partial charge in [-0.05, 0) is 69.6 Å². The average Bonchev–Trinajstić information content (AvgIpc) is 3.20. The Labute approximate surface area is 352 Å². The van der Waals surface area contributed by atoms with Crippen LogP contribution in [0, 0.1) is 0 Å². The fraction of sp³-hybridized carbons (Fsp3) is 0.702. The molecule has 2 aromatic carbocycles. The number of benzene rings is 2. The molecule has 0 unspecified atom stereocenters. The van der Waals surface area contributed by atoms with Crippen LogP contribution < -0.4 is 10.2 Å². The number of halogens is 3. The van der Waals surface area contributed by atoms with Crippen molar-refractivity contribution in [3.8, 4) is 11.5 Å². The second kappa shape index (κ2) is 34.4. The molecule has 2 aromatic rings. The zero-order valence-electron chi connectivity index (χ0n) is 37.6. The third-order valence-electron chi connectivity index (χ3n) is 10.5. The molecule has 0 heterocycles. The number of carbonyl (C=O) groups is 2. The highest BCUT2D eigenvalue weighted by atomic mass is 31.2. The quantitative estimate of drug-likeness (QED) is 0.0909. The van der Waals surface area contributed by atoms with Gasteiger partial charge in [0.1, 0.15) is 0 Å². The first-order valence-electron chi connectivity index (χ1n) is 22.3. The summed E-state index contributed by atoms with van der Waals surface area (Å²) in [6.07, 6.45) is 31.3. The number of hydrogen-bond donors (Lipinski definition) is 2. The van der Waals surface area contributed by atoms with Crippen molar-refractivity contribution in [1.82, 2.24) is 0 Å². The standard InChI is InChI=1S/2C16H36P.C8H5F3O3.C7H6O3/c2*1-5-9-13-17(14-10-6-2,15-11-7-3)16-12-8-4;9-8(10,11)4-1-2-5(7(13)14)6(12)3-4;8-6-4-2-1-3-5(6)7(9)10/h2*5-16H2,1-4H3;1-3,12H,(H,13,14);1-4,8H,(H,9,10)/q2*+1;;/p-2. The van der Waals surface area contributed by atoms with Crippen molar-refractivity contribution in [3.63, 3.8) is 0 Å². The molecule has 11 heteroatoms. The molecular formula is C47H81F3O6P2. The molecule has 0 aliphatic carbocycles. The topological polar surface area (TPSA) is 121 Å². The highest BCUT2D eigenvalue weighted by Crippen LogP contribution is 2.62. The van der Waals surface area contributed by atoms with Crippen molar-refractivity contribution in [2.75, 3.05) is 49.3 Å². The smallest absolute Gasteiger partial charge is 0.416 e. The average molecular weight is 861 g/mol. The van der Waals surface area contributed by atoms with E-state index in [4.69, 9.17) is 10.2 Å². The third kappa shape index (κ3) is 26.0. The molecule has 2 N–H and O–H groups in total. The summed E-state index contributed by atoms with van der Waals surface area (Å²) in [6.45, 7) is 18.8. The molecule has 0 amide bonds. The number of unbranched alkanes of at least 4 members (excludes halogenated alkanes) is 8. The number of alkyl halides is 3. The van der Waals surface area contributed by atoms with Crippen LogP contribution in [0.4, 0.5) is 13.2 Å². The lowest BCUT2D eigenvalue weighted by atomic mass is 10.1. The molecule has 2 rings (SSSR count). The van der Waals surface area contributed by atoms with Crippen LogP contribution in [0.3, 0.4) is 0 Å². The monoisotopic (exact) mass is 861 g/mol. The molecule has 58 heavy (non-hydrogen) atoms. The summed E-state index contributed by atoms with van der Waals surface area (Å²) < 4.78 is 36.0. The van der Waals surface area contributed by atoms with Crippen molar-refractivity contribution >= 4 is 26.5 Å². The van der Waals surface area contributed by atoms with Gasteiger partial charge in [0, 0.05) is 14.5 Å². The van der Waals surface area contributed by atoms with Gasteiger partial charge in [-0.15, -0.1) is 0 Å². The Morgan fingerprint density at radius 3 is 0.966 bits per heavy atom. The van der Waals surface area contributed by atoms with Gasteiger partial charge in [-0.2, -0.15) is 13.2 Å². The van der Waals surface area contributed by atoms with Crippen LogP contribution in [0.5, 0.6) is 11.5 Å². The number of para-hydroxylation sites is 1. The fourth-order valence-corrected chi connectivity index (χ4v) is 17.4. The SMILES string of the molecule is CCCC[P+](CCCC)(CCCC)CCCC.CCCC[P+](CCCC)(CCCC)CCCC.O=C(O)c1ccc(C(F)(F)F)cc1[O-].O=C(O)c1ccccc1[O-]. The second-order valence-electron chi connectivity index (χ2n) is 15.6. The lowest BCUT2D eigenvalue weighted by Gasteiger charge is -2.28. The minimum atomic E-state index is -4.63. The van der Waals surface area contributed by atoms with Crippen LogP contribution in [-0.2, 0) is 6.18 Å². The van der Waals surface area contributed by atoms with Crippen LogP contribution >= 0.6 is 14.5 Å². The van der Waals surface area contributed by atoms with Crippen molar-refractivity contribution in [3.05, 3.63) is 59.2 Å². The van der Waals surface area contributed by atoms with Crippen molar-refractivity contribution in [2.45, 2.75) is 164 Å². The minimum Gasteiger partial charge on any atom is -0.872 e. The van der Waals surface area contributed by atoms with E-state index in [2.05, 4.69) is 55.4 Å². The summed E-state index contributed by atoms with van der Waals surface area (Å²) in [4.78, 5) is 20.5. The number of rotatable bonds is 26. The van der Waals surface area contributed by atoms with E-state index in [-0.39, 0.29) is 11.6 Å². The maximum atomic E-state index is 12.0. The molecule has 0 spiro atoms. The molecule has 0 fully saturated rings. The lowest BCUT2D eigenvalue weighted by Crippen LogP contribution is -2.12. The highest BCUT2D eigenvalue weighted by Gasteiger charge is 2.35. The summed E-state index contributed by atoms with van der Waals surface area (Å²) in [5, 5.41) is 38.3. The molecule has 6 nitrogen and oxygen atoms in total. The van der Waals surface area contributed by atoms with Gasteiger partial charge in [-0.25, -0.2) is 9.59 Å². The van der Waals surface area contributed by atoms with E-state index >= 15 is 0 Å². The van der Waals surface area contributed by atoms with Crippen LogP contribution in [0.15, 0.2) is 42.5 Å². The van der Waals surface area contributed by atoms with Gasteiger partial charge >= 0.3 is 18.1 Å². The van der Waals surface area contributed by atoms with E-state index in [9.17, 15) is 33.0 Å². The molecule has 0 aliphatic heterocycles. The zero-order valence-corrected chi connectivity index (χ0v) is 39.4. The molecule has 0 bridgehead atoms. The zero-order chi connectivity index (χ0) is 44.5. The first-order chi connectivity index (χ1) is 27.5. The van der Waals surface area contributed by atoms with Gasteiger partial charge in [0.2, 0.25) is 0 Å². The van der Waals surface area contributed by atoms with E-state index in [1.165, 1.54) is 127 Å². The number of aromatic carboxylic acids is 2. The Morgan fingerprint density at radius 2 is 0.759 bits per heavy atom. The molecule has 0 aromatic heterocycles. The van der Waals surface area contributed by atoms with Crippen molar-refractivity contribution in [2.24, 2.45) is 0 Å². The Hall–Kier alpha value is -2.37. The number of hydrogen-bond acceptors (Lipinski definition) is 4. The van der Waals surface area contributed by atoms with Crippen LogP contribution in [0.1, 0.15) is 184 Å². The van der Waals surface area contributed by atoms with Gasteiger partial charge in [0.25, 0.3) is 0 Å². The van der Waals surface area contributed by atoms with E-state index in [0.29, 0.717) is 12.1 Å². The van der Waals surface area contributed by atoms with Crippen LogP contribution in [0.2, 0.25) is 0 Å². The summed E-state index contributed by atoms with van der Waals surface area (Å²) in [5.41, 5.74) is -1.99. The number of carboxylic acid groups (broad SMARTS) is 2. The first-order valence-corrected chi connectivity index (χ1v) is 27.4. The molecular weight excluding hydrogens is 779 g/mol. The maximum absolute atomic E-state index is 12.0. The molecule has 0 radical (unpaired) electrons. The van der Waals surface area contributed by atoms with E-state index in [1.807, 2.05) is 0 Å². The summed E-state index contributed by atoms with van der Waals surface area (Å²) in [6, 6.07) is 7.01. The predicted octanol–water partition coefficient (Wildman–Crippen LogP) is 14.3. The highest BCUT2D eigenvalue weighted by molar-refractivity contribution is 7.76. The maximum Gasteiger partial charge on any atom is 0.416 e. The van der Waals surface area contributed by atoms with E-state index in [0.717, 1.165) is 0 Å². The van der Waals surface area contributed by atoms with Crippen LogP contribution in [-0.4, -0.2) is 71.4 Å². The number of carboxylic acids is 2. The third-order valence-corrected chi connectivity index (χ3v) is 20.7. The van der Waals surface area contributed by atoms with Crippen molar-refractivity contribution in [1.29, 1.82) is 0 Å². The second-order valence-corrected chi connectivity index (χ2v) is 24.6. The Balaban J connectivity index is 0. The largest absolute Gasteiger partial charge is 0.872 e. The van der Waals surface area contributed by atoms with Crippen LogP contribution in [0.25, 0.3) is 0 Å². The Kier molecular flexibility index (Phi) is 34.2. The molecule has 0 saturated heterocycles. The minimum absolute atomic E-state index is 0.178. The fourth-order valence-electron chi connectivity index (χ4n) is 6.81. The summed E-state index contributed by atoms with van der Waals surface area (Å²) in [7, 11) is -1.12. The van der Waals surface area contributed by atoms with E-state index < -0.39 is 55.3 Å². The van der Waals surface area contributed by atoms with Gasteiger partial charge in [-0.1, -0.05) is 143 Å². The molecule has 0 aliphatic rings. The van der Waals surface area contributed by atoms with Gasteiger partial charge in [0.15, 0.2) is 0 Å². The molecule has 0 saturated carbocycles. The summed E-state index contributed by atoms with van der Waals surface area (Å²) >= 11 is 0. The van der Waals surface area contributed by atoms with Gasteiger partial charge in [-0.3, -0.25) is 0 Å². The summed E-state index contributed by atoms with van der Waals surface area (Å²) in [5.74, 6) is -4.31. The van der Waals surface area contributed by atoms with Gasteiger partial charge in [0.05, 0.1) is 66.0 Å². The van der Waals surface area contributed by atoms with Gasteiger partial charge < -0.3 is 20.4 Å². The Bertz CT molecular complexity index is 1230. The van der Waals surface area contributed by atoms with Crippen molar-refractivity contribution < 1.29 is 43.2 Å². The molecule has 336 valence electrons. The normalized spacial score (nSPS) is 11.4. The van der Waals surface area contributed by atoms with E-state index in [1.54, 1.807) is 49.3 Å². The lowest BCUT2D eigenvalue weighted by molar-refractivity contribution is -0.269. The molecule has 0 atom stereocenters.